The Hall–Kier alpha value is -0.810. The van der Waals surface area contributed by atoms with Crippen LogP contribution in [0.4, 0.5) is 4.79 Å². The summed E-state index contributed by atoms with van der Waals surface area (Å²) in [6, 6.07) is 0. The first-order valence-electron chi connectivity index (χ1n) is 3.14. The first-order chi connectivity index (χ1) is 5.20. The van der Waals surface area contributed by atoms with Crippen molar-refractivity contribution in [1.29, 1.82) is 0 Å². The van der Waals surface area contributed by atoms with Gasteiger partial charge < -0.3 is 19.9 Å². The van der Waals surface area contributed by atoms with Crippen molar-refractivity contribution >= 4 is 6.09 Å². The van der Waals surface area contributed by atoms with Crippen molar-refractivity contribution in [3.05, 3.63) is 0 Å². The van der Waals surface area contributed by atoms with Crippen LogP contribution in [0.15, 0.2) is 0 Å². The summed E-state index contributed by atoms with van der Waals surface area (Å²) in [6.07, 6.45) is -1.05. The number of carbonyl (C=O) groups is 1. The lowest BCUT2D eigenvalue weighted by atomic mass is 10.4. The Morgan fingerprint density at radius 2 is 2.09 bits per heavy atom. The summed E-state index contributed by atoms with van der Waals surface area (Å²) in [7, 11) is 3.05. The van der Waals surface area contributed by atoms with Crippen molar-refractivity contribution in [3.8, 4) is 0 Å². The first kappa shape index (κ1) is 10.2. The van der Waals surface area contributed by atoms with Crippen LogP contribution < -0.4 is 5.73 Å². The molecule has 0 aromatic carbocycles. The molecule has 5 nitrogen and oxygen atoms in total. The molecule has 1 unspecified atom stereocenters. The highest BCUT2D eigenvalue weighted by atomic mass is 16.6. The summed E-state index contributed by atoms with van der Waals surface area (Å²) in [4.78, 5) is 10.1. The van der Waals surface area contributed by atoms with Gasteiger partial charge in [0.05, 0.1) is 6.61 Å². The number of primary amides is 1. The Balaban J connectivity index is 3.43. The number of carbonyl (C=O) groups excluding carboxylic acids is 1. The van der Waals surface area contributed by atoms with E-state index in [4.69, 9.17) is 15.2 Å². The fourth-order valence-corrected chi connectivity index (χ4v) is 0.545. The molecule has 5 heteroatoms. The highest BCUT2D eigenvalue weighted by molar-refractivity contribution is 5.64. The maximum absolute atomic E-state index is 10.1. The monoisotopic (exact) mass is 163 g/mol. The van der Waals surface area contributed by atoms with Crippen LogP contribution in [0.1, 0.15) is 0 Å². The molecule has 0 saturated heterocycles. The Bertz CT molecular complexity index is 117. The number of rotatable bonds is 5. The molecule has 0 aliphatic carbocycles. The molecule has 0 aromatic rings. The molecule has 0 saturated carbocycles. The largest absolute Gasteiger partial charge is 0.447 e. The summed E-state index contributed by atoms with van der Waals surface area (Å²) in [5.41, 5.74) is 4.73. The molecule has 0 radical (unpaired) electrons. The van der Waals surface area contributed by atoms with Crippen molar-refractivity contribution in [2.24, 2.45) is 5.73 Å². The van der Waals surface area contributed by atoms with E-state index >= 15 is 0 Å². The van der Waals surface area contributed by atoms with Gasteiger partial charge >= 0.3 is 6.09 Å². The third-order valence-electron chi connectivity index (χ3n) is 1.10. The SMILES string of the molecule is COCC(COC(N)=O)OC. The van der Waals surface area contributed by atoms with Crippen LogP contribution in [0, 0.1) is 0 Å². The molecule has 0 fully saturated rings. The van der Waals surface area contributed by atoms with E-state index in [0.717, 1.165) is 0 Å². The lowest BCUT2D eigenvalue weighted by Gasteiger charge is -2.12. The van der Waals surface area contributed by atoms with E-state index in [1.54, 1.807) is 0 Å². The quantitative estimate of drug-likeness (QED) is 0.606. The third-order valence-corrected chi connectivity index (χ3v) is 1.10. The average molecular weight is 163 g/mol. The molecule has 11 heavy (non-hydrogen) atoms. The van der Waals surface area contributed by atoms with Crippen LogP contribution in [-0.4, -0.2) is 39.6 Å². The number of hydrogen-bond acceptors (Lipinski definition) is 4. The van der Waals surface area contributed by atoms with E-state index in [1.165, 1.54) is 14.2 Å². The molecule has 0 bridgehead atoms. The molecule has 0 aromatic heterocycles. The minimum absolute atomic E-state index is 0.125. The number of nitrogens with two attached hydrogens (primary N) is 1. The number of methoxy groups -OCH3 is 2. The van der Waals surface area contributed by atoms with E-state index in [1.807, 2.05) is 0 Å². The van der Waals surface area contributed by atoms with Crippen molar-refractivity contribution in [2.45, 2.75) is 6.10 Å². The Morgan fingerprint density at radius 1 is 1.45 bits per heavy atom. The normalized spacial score (nSPS) is 12.5. The van der Waals surface area contributed by atoms with Crippen LogP contribution in [-0.2, 0) is 14.2 Å². The first-order valence-corrected chi connectivity index (χ1v) is 3.14. The number of ether oxygens (including phenoxy) is 3. The smallest absolute Gasteiger partial charge is 0.404 e. The summed E-state index contributed by atoms with van der Waals surface area (Å²) >= 11 is 0. The number of hydrogen-bond donors (Lipinski definition) is 1. The zero-order chi connectivity index (χ0) is 8.69. The van der Waals surface area contributed by atoms with Crippen molar-refractivity contribution in [1.82, 2.24) is 0 Å². The minimum atomic E-state index is -0.803. The predicted molar refractivity (Wildman–Crippen MR) is 38.2 cm³/mol. The zero-order valence-corrected chi connectivity index (χ0v) is 6.70. The Kier molecular flexibility index (Phi) is 5.50. The Morgan fingerprint density at radius 3 is 2.45 bits per heavy atom. The van der Waals surface area contributed by atoms with E-state index in [9.17, 15) is 4.79 Å². The summed E-state index contributed by atoms with van der Waals surface area (Å²) in [6.45, 7) is 0.503. The number of amides is 1. The molecule has 1 atom stereocenters. The molecule has 0 spiro atoms. The fourth-order valence-electron chi connectivity index (χ4n) is 0.545. The zero-order valence-electron chi connectivity index (χ0n) is 6.70. The second-order valence-electron chi connectivity index (χ2n) is 1.94. The van der Waals surface area contributed by atoms with Gasteiger partial charge in [-0.25, -0.2) is 4.79 Å². The molecule has 0 heterocycles. The van der Waals surface area contributed by atoms with Crippen LogP contribution in [0.3, 0.4) is 0 Å². The molecule has 66 valence electrons. The maximum atomic E-state index is 10.1. The second-order valence-corrected chi connectivity index (χ2v) is 1.94. The van der Waals surface area contributed by atoms with E-state index in [2.05, 4.69) is 4.74 Å². The van der Waals surface area contributed by atoms with Crippen molar-refractivity contribution in [2.75, 3.05) is 27.4 Å². The summed E-state index contributed by atoms with van der Waals surface area (Å²) in [5.74, 6) is 0. The van der Waals surface area contributed by atoms with Crippen molar-refractivity contribution < 1.29 is 19.0 Å². The van der Waals surface area contributed by atoms with Gasteiger partial charge in [0, 0.05) is 14.2 Å². The second kappa shape index (κ2) is 5.94. The van der Waals surface area contributed by atoms with Gasteiger partial charge in [-0.1, -0.05) is 0 Å². The third kappa shape index (κ3) is 5.63. The molecular weight excluding hydrogens is 150 g/mol. The van der Waals surface area contributed by atoms with Crippen molar-refractivity contribution in [3.63, 3.8) is 0 Å². The van der Waals surface area contributed by atoms with Gasteiger partial charge in [0.1, 0.15) is 12.7 Å². The standard InChI is InChI=1S/C6H13NO4/c1-9-3-5(10-2)4-11-6(7)8/h5H,3-4H2,1-2H3,(H2,7,8). The molecular formula is C6H13NO4. The minimum Gasteiger partial charge on any atom is -0.447 e. The van der Waals surface area contributed by atoms with Gasteiger partial charge in [-0.3, -0.25) is 0 Å². The van der Waals surface area contributed by atoms with Crippen LogP contribution in [0.2, 0.25) is 0 Å². The van der Waals surface area contributed by atoms with Crippen LogP contribution in [0.5, 0.6) is 0 Å². The molecule has 0 aliphatic heterocycles. The van der Waals surface area contributed by atoms with Gasteiger partial charge in [0.25, 0.3) is 0 Å². The molecule has 1 amide bonds. The lowest BCUT2D eigenvalue weighted by Crippen LogP contribution is -2.27. The van der Waals surface area contributed by atoms with Gasteiger partial charge in [0.15, 0.2) is 0 Å². The van der Waals surface area contributed by atoms with Gasteiger partial charge in [-0.2, -0.15) is 0 Å². The molecule has 2 N–H and O–H groups in total. The van der Waals surface area contributed by atoms with E-state index in [-0.39, 0.29) is 12.7 Å². The maximum Gasteiger partial charge on any atom is 0.404 e. The van der Waals surface area contributed by atoms with E-state index < -0.39 is 6.09 Å². The average Bonchev–Trinajstić information content (AvgIpc) is 1.97. The predicted octanol–water partition coefficient (Wildman–Crippen LogP) is -0.257. The van der Waals surface area contributed by atoms with Gasteiger partial charge in [-0.05, 0) is 0 Å². The topological polar surface area (TPSA) is 70.8 Å². The molecule has 0 rings (SSSR count). The van der Waals surface area contributed by atoms with Crippen LogP contribution >= 0.6 is 0 Å². The lowest BCUT2D eigenvalue weighted by molar-refractivity contribution is -0.00969. The van der Waals surface area contributed by atoms with Gasteiger partial charge in [0.2, 0.25) is 0 Å². The highest BCUT2D eigenvalue weighted by Gasteiger charge is 2.07. The Labute approximate surface area is 65.4 Å². The highest BCUT2D eigenvalue weighted by Crippen LogP contribution is 1.91. The van der Waals surface area contributed by atoms with Gasteiger partial charge in [-0.15, -0.1) is 0 Å². The fraction of sp³-hybridized carbons (Fsp3) is 0.833. The van der Waals surface area contributed by atoms with Crippen LogP contribution in [0.25, 0.3) is 0 Å². The summed E-state index contributed by atoms with van der Waals surface area (Å²) < 4.78 is 14.1. The molecule has 0 aliphatic rings. The summed E-state index contributed by atoms with van der Waals surface area (Å²) in [5, 5.41) is 0. The van der Waals surface area contributed by atoms with E-state index in [0.29, 0.717) is 6.61 Å².